The van der Waals surface area contributed by atoms with E-state index in [0.717, 1.165) is 15.6 Å². The van der Waals surface area contributed by atoms with Crippen LogP contribution in [0.2, 0.25) is 0 Å². The van der Waals surface area contributed by atoms with Crippen LogP contribution in [0.25, 0.3) is 11.1 Å². The third kappa shape index (κ3) is 2.56. The number of benzene rings is 2. The van der Waals surface area contributed by atoms with Crippen molar-refractivity contribution in [3.05, 3.63) is 58.3 Å². The van der Waals surface area contributed by atoms with Crippen LogP contribution in [0.3, 0.4) is 0 Å². The summed E-state index contributed by atoms with van der Waals surface area (Å²) in [6.45, 7) is 1.89. The predicted octanol–water partition coefficient (Wildman–Crippen LogP) is 4.27. The molecule has 0 amide bonds. The summed E-state index contributed by atoms with van der Waals surface area (Å²) < 4.78 is 14.7. The molecule has 2 rings (SSSR count). The molecule has 0 heterocycles. The van der Waals surface area contributed by atoms with E-state index >= 15 is 0 Å². The topological polar surface area (TPSA) is 26.0 Å². The van der Waals surface area contributed by atoms with Gasteiger partial charge in [0.2, 0.25) is 0 Å². The summed E-state index contributed by atoms with van der Waals surface area (Å²) in [5.74, 6) is -0.235. The highest BCUT2D eigenvalue weighted by atomic mass is 79.9. The summed E-state index contributed by atoms with van der Waals surface area (Å²) in [6.07, 6.45) is 0. The van der Waals surface area contributed by atoms with Gasteiger partial charge in [-0.25, -0.2) is 4.39 Å². The number of hydrogen-bond acceptors (Lipinski definition) is 1. The van der Waals surface area contributed by atoms with Crippen molar-refractivity contribution in [1.82, 2.24) is 0 Å². The third-order valence-electron chi connectivity index (χ3n) is 2.68. The molecule has 0 saturated carbocycles. The Morgan fingerprint density at radius 3 is 2.47 bits per heavy atom. The minimum Gasteiger partial charge on any atom is -0.324 e. The maximum absolute atomic E-state index is 13.8. The Labute approximate surface area is 109 Å². The first-order chi connectivity index (χ1) is 8.09. The molecule has 0 aromatic heterocycles. The van der Waals surface area contributed by atoms with E-state index in [2.05, 4.69) is 15.9 Å². The largest absolute Gasteiger partial charge is 0.324 e. The van der Waals surface area contributed by atoms with Gasteiger partial charge in [-0.15, -0.1) is 0 Å². The molecule has 88 valence electrons. The molecule has 1 unspecified atom stereocenters. The van der Waals surface area contributed by atoms with Crippen LogP contribution in [0.15, 0.2) is 46.9 Å². The van der Waals surface area contributed by atoms with Gasteiger partial charge < -0.3 is 5.73 Å². The number of rotatable bonds is 2. The summed E-state index contributed by atoms with van der Waals surface area (Å²) >= 11 is 3.43. The van der Waals surface area contributed by atoms with Gasteiger partial charge in [0.1, 0.15) is 5.82 Å². The van der Waals surface area contributed by atoms with Crippen molar-refractivity contribution >= 4 is 15.9 Å². The fraction of sp³-hybridized carbons (Fsp3) is 0.143. The number of hydrogen-bond donors (Lipinski definition) is 1. The number of halogens is 2. The first-order valence-corrected chi connectivity index (χ1v) is 6.19. The van der Waals surface area contributed by atoms with Crippen LogP contribution >= 0.6 is 15.9 Å². The van der Waals surface area contributed by atoms with Crippen molar-refractivity contribution < 1.29 is 4.39 Å². The molecule has 2 aromatic rings. The molecule has 0 aliphatic rings. The zero-order valence-corrected chi connectivity index (χ0v) is 11.0. The Kier molecular flexibility index (Phi) is 3.60. The van der Waals surface area contributed by atoms with E-state index in [1.165, 1.54) is 6.07 Å². The van der Waals surface area contributed by atoms with Crippen LogP contribution in [-0.2, 0) is 0 Å². The lowest BCUT2D eigenvalue weighted by atomic mass is 10.00. The van der Waals surface area contributed by atoms with Crippen LogP contribution in [0.5, 0.6) is 0 Å². The summed E-state index contributed by atoms with van der Waals surface area (Å²) in [5.41, 5.74) is 8.16. The second-order valence-corrected chi connectivity index (χ2v) is 4.86. The van der Waals surface area contributed by atoms with Gasteiger partial charge in [-0.2, -0.15) is 0 Å². The normalized spacial score (nSPS) is 12.5. The Morgan fingerprint density at radius 2 is 1.82 bits per heavy atom. The van der Waals surface area contributed by atoms with E-state index in [0.29, 0.717) is 5.56 Å². The van der Waals surface area contributed by atoms with E-state index in [1.54, 1.807) is 12.1 Å². The first-order valence-electron chi connectivity index (χ1n) is 5.39. The minimum absolute atomic E-state index is 0.100. The van der Waals surface area contributed by atoms with Gasteiger partial charge in [-0.1, -0.05) is 40.2 Å². The molecule has 0 bridgehead atoms. The Morgan fingerprint density at radius 1 is 1.12 bits per heavy atom. The molecule has 2 aromatic carbocycles. The van der Waals surface area contributed by atoms with Crippen molar-refractivity contribution in [3.63, 3.8) is 0 Å². The van der Waals surface area contributed by atoms with Crippen molar-refractivity contribution in [2.75, 3.05) is 0 Å². The maximum Gasteiger partial charge on any atom is 0.131 e. The quantitative estimate of drug-likeness (QED) is 0.879. The number of nitrogens with two attached hydrogens (primary N) is 1. The van der Waals surface area contributed by atoms with Crippen molar-refractivity contribution in [1.29, 1.82) is 0 Å². The van der Waals surface area contributed by atoms with Gasteiger partial charge in [0, 0.05) is 16.1 Å². The van der Waals surface area contributed by atoms with Crippen molar-refractivity contribution in [2.45, 2.75) is 13.0 Å². The van der Waals surface area contributed by atoms with E-state index in [4.69, 9.17) is 5.73 Å². The van der Waals surface area contributed by atoms with E-state index in [-0.39, 0.29) is 11.9 Å². The smallest absolute Gasteiger partial charge is 0.131 e. The second-order valence-electron chi connectivity index (χ2n) is 4.01. The standard InChI is InChI=1S/C14H13BrFN/c1-9(17)10-6-7-14(16)12(8-10)11-4-2-3-5-13(11)15/h2-9H,17H2,1H3. The SMILES string of the molecule is CC(N)c1ccc(F)c(-c2ccccc2Br)c1. The molecule has 17 heavy (non-hydrogen) atoms. The van der Waals surface area contributed by atoms with Gasteiger partial charge in [0.15, 0.2) is 0 Å². The van der Waals surface area contributed by atoms with Gasteiger partial charge in [0.05, 0.1) is 0 Å². The third-order valence-corrected chi connectivity index (χ3v) is 3.37. The fourth-order valence-corrected chi connectivity index (χ4v) is 2.21. The molecular formula is C14H13BrFN. The van der Waals surface area contributed by atoms with Crippen LogP contribution in [0, 0.1) is 5.82 Å². The van der Waals surface area contributed by atoms with E-state index in [1.807, 2.05) is 31.2 Å². The van der Waals surface area contributed by atoms with Crippen LogP contribution in [0.4, 0.5) is 4.39 Å². The zero-order chi connectivity index (χ0) is 12.4. The lowest BCUT2D eigenvalue weighted by Gasteiger charge is -2.10. The highest BCUT2D eigenvalue weighted by Gasteiger charge is 2.10. The highest BCUT2D eigenvalue weighted by Crippen LogP contribution is 2.31. The van der Waals surface area contributed by atoms with Crippen molar-refractivity contribution in [2.24, 2.45) is 5.73 Å². The molecule has 0 spiro atoms. The molecule has 0 aliphatic heterocycles. The molecule has 0 fully saturated rings. The second kappa shape index (κ2) is 4.98. The Balaban J connectivity index is 2.59. The maximum atomic E-state index is 13.8. The Hall–Kier alpha value is -1.19. The van der Waals surface area contributed by atoms with Crippen molar-refractivity contribution in [3.8, 4) is 11.1 Å². The monoisotopic (exact) mass is 293 g/mol. The summed E-state index contributed by atoms with van der Waals surface area (Å²) in [4.78, 5) is 0. The average molecular weight is 294 g/mol. The van der Waals surface area contributed by atoms with Gasteiger partial charge in [0.25, 0.3) is 0 Å². The predicted molar refractivity (Wildman–Crippen MR) is 72.1 cm³/mol. The van der Waals surface area contributed by atoms with Gasteiger partial charge >= 0.3 is 0 Å². The van der Waals surface area contributed by atoms with Crippen LogP contribution in [0.1, 0.15) is 18.5 Å². The highest BCUT2D eigenvalue weighted by molar-refractivity contribution is 9.10. The summed E-state index contributed by atoms with van der Waals surface area (Å²) in [7, 11) is 0. The molecule has 2 N–H and O–H groups in total. The summed E-state index contributed by atoms with van der Waals surface area (Å²) in [5, 5.41) is 0. The fourth-order valence-electron chi connectivity index (χ4n) is 1.71. The van der Waals surface area contributed by atoms with Gasteiger partial charge in [-0.3, -0.25) is 0 Å². The molecule has 0 saturated heterocycles. The molecular weight excluding hydrogens is 281 g/mol. The van der Waals surface area contributed by atoms with Crippen LogP contribution in [-0.4, -0.2) is 0 Å². The van der Waals surface area contributed by atoms with E-state index < -0.39 is 0 Å². The zero-order valence-electron chi connectivity index (χ0n) is 9.45. The molecule has 0 radical (unpaired) electrons. The molecule has 0 aliphatic carbocycles. The molecule has 1 atom stereocenters. The lowest BCUT2D eigenvalue weighted by molar-refractivity contribution is 0.629. The average Bonchev–Trinajstić information content (AvgIpc) is 2.30. The molecule has 3 heteroatoms. The van der Waals surface area contributed by atoms with Gasteiger partial charge in [-0.05, 0) is 36.2 Å². The Bertz CT molecular complexity index is 537. The van der Waals surface area contributed by atoms with Crippen LogP contribution < -0.4 is 5.73 Å². The first kappa shape index (κ1) is 12.3. The minimum atomic E-state index is -0.235. The summed E-state index contributed by atoms with van der Waals surface area (Å²) in [6, 6.07) is 12.5. The van der Waals surface area contributed by atoms with E-state index in [9.17, 15) is 4.39 Å². The lowest BCUT2D eigenvalue weighted by Crippen LogP contribution is -2.05. The molecule has 1 nitrogen and oxygen atoms in total.